The lowest BCUT2D eigenvalue weighted by Crippen LogP contribution is -2.30. The molecule has 0 radical (unpaired) electrons. The Hall–Kier alpha value is -1.71. The summed E-state index contributed by atoms with van der Waals surface area (Å²) >= 11 is 0. The van der Waals surface area contributed by atoms with Crippen molar-refractivity contribution in [1.82, 2.24) is 4.90 Å². The molecule has 0 saturated carbocycles. The van der Waals surface area contributed by atoms with E-state index in [0.717, 1.165) is 30.6 Å². The first-order valence-electron chi connectivity index (χ1n) is 5.52. The highest BCUT2D eigenvalue weighted by Crippen LogP contribution is 2.16. The number of amides is 1. The Morgan fingerprint density at radius 1 is 1.31 bits per heavy atom. The van der Waals surface area contributed by atoms with Crippen LogP contribution < -0.4 is 5.73 Å². The van der Waals surface area contributed by atoms with Crippen molar-refractivity contribution < 1.29 is 9.53 Å². The van der Waals surface area contributed by atoms with Gasteiger partial charge in [-0.25, -0.2) is 4.79 Å². The second-order valence-corrected chi connectivity index (χ2v) is 3.94. The van der Waals surface area contributed by atoms with E-state index < -0.39 is 0 Å². The summed E-state index contributed by atoms with van der Waals surface area (Å²) < 4.78 is 5.07. The van der Waals surface area contributed by atoms with Crippen molar-refractivity contribution in [2.45, 2.75) is 19.4 Å². The quantitative estimate of drug-likeness (QED) is 0.775. The van der Waals surface area contributed by atoms with Crippen molar-refractivity contribution in [1.29, 1.82) is 0 Å². The zero-order chi connectivity index (χ0) is 11.4. The van der Waals surface area contributed by atoms with Crippen LogP contribution in [0.15, 0.2) is 24.3 Å². The second-order valence-electron chi connectivity index (χ2n) is 3.94. The fourth-order valence-electron chi connectivity index (χ4n) is 1.77. The Balaban J connectivity index is 2.08. The summed E-state index contributed by atoms with van der Waals surface area (Å²) in [6.07, 6.45) is 1.69. The molecule has 0 atom stereocenters. The van der Waals surface area contributed by atoms with Gasteiger partial charge in [-0.3, -0.25) is 0 Å². The number of hydrogen-bond donors (Lipinski definition) is 1. The predicted molar refractivity (Wildman–Crippen MR) is 61.8 cm³/mol. The molecular weight excluding hydrogens is 204 g/mol. The monoisotopic (exact) mass is 220 g/mol. The number of nitrogen functional groups attached to an aromatic ring is 1. The average Bonchev–Trinajstić information content (AvgIpc) is 2.48. The molecule has 16 heavy (non-hydrogen) atoms. The summed E-state index contributed by atoms with van der Waals surface area (Å²) in [5, 5.41) is 0. The molecule has 2 rings (SSSR count). The Kier molecular flexibility index (Phi) is 3.29. The molecule has 0 spiro atoms. The Bertz CT molecular complexity index is 379. The van der Waals surface area contributed by atoms with Gasteiger partial charge in [-0.05, 0) is 24.5 Å². The van der Waals surface area contributed by atoms with Crippen LogP contribution in [0.4, 0.5) is 10.5 Å². The van der Waals surface area contributed by atoms with Crippen molar-refractivity contribution in [2.75, 3.05) is 18.9 Å². The minimum atomic E-state index is -0.235. The first-order valence-corrected chi connectivity index (χ1v) is 5.52. The first-order chi connectivity index (χ1) is 7.77. The summed E-state index contributed by atoms with van der Waals surface area (Å²) in [4.78, 5) is 13.3. The molecule has 4 heteroatoms. The van der Waals surface area contributed by atoms with Crippen molar-refractivity contribution >= 4 is 11.8 Å². The smallest absolute Gasteiger partial charge is 0.410 e. The fraction of sp³-hybridized carbons (Fsp3) is 0.417. The molecular formula is C12H16N2O2. The third-order valence-electron chi connectivity index (χ3n) is 2.72. The van der Waals surface area contributed by atoms with E-state index in [0.29, 0.717) is 13.2 Å². The van der Waals surface area contributed by atoms with Crippen molar-refractivity contribution in [3.8, 4) is 0 Å². The molecule has 0 bridgehead atoms. The maximum absolute atomic E-state index is 11.6. The highest BCUT2D eigenvalue weighted by Gasteiger charge is 2.18. The highest BCUT2D eigenvalue weighted by atomic mass is 16.6. The van der Waals surface area contributed by atoms with Crippen molar-refractivity contribution in [3.63, 3.8) is 0 Å². The molecule has 1 aliphatic heterocycles. The third-order valence-corrected chi connectivity index (χ3v) is 2.72. The number of nitrogens with zero attached hydrogens (tertiary/aromatic N) is 1. The summed E-state index contributed by atoms with van der Waals surface area (Å²) in [6, 6.07) is 7.60. The molecule has 0 unspecified atom stereocenters. The molecule has 0 aromatic heterocycles. The number of para-hydroxylation sites is 1. The van der Waals surface area contributed by atoms with Gasteiger partial charge in [0.15, 0.2) is 0 Å². The molecule has 1 saturated heterocycles. The van der Waals surface area contributed by atoms with Crippen LogP contribution in [0.1, 0.15) is 18.4 Å². The van der Waals surface area contributed by atoms with Crippen LogP contribution in [-0.4, -0.2) is 24.1 Å². The zero-order valence-electron chi connectivity index (χ0n) is 9.19. The van der Waals surface area contributed by atoms with Crippen LogP contribution in [0.5, 0.6) is 0 Å². The fourth-order valence-corrected chi connectivity index (χ4v) is 1.77. The summed E-state index contributed by atoms with van der Waals surface area (Å²) in [6.45, 7) is 1.80. The minimum Gasteiger partial charge on any atom is -0.449 e. The average molecular weight is 220 g/mol. The standard InChI is InChI=1S/C12H16N2O2/c13-11-6-2-1-5-10(11)9-14-7-3-4-8-16-12(14)15/h1-2,5-6H,3-4,7-9,13H2. The molecule has 4 nitrogen and oxygen atoms in total. The molecule has 1 fully saturated rings. The van der Waals surface area contributed by atoms with E-state index in [4.69, 9.17) is 10.5 Å². The number of cyclic esters (lactones) is 1. The minimum absolute atomic E-state index is 0.235. The molecule has 86 valence electrons. The van der Waals surface area contributed by atoms with Crippen LogP contribution in [-0.2, 0) is 11.3 Å². The number of nitrogens with two attached hydrogens (primary N) is 1. The van der Waals surface area contributed by atoms with E-state index in [9.17, 15) is 4.79 Å². The third kappa shape index (κ3) is 2.45. The number of carbonyl (C=O) groups is 1. The van der Waals surface area contributed by atoms with Gasteiger partial charge >= 0.3 is 6.09 Å². The Morgan fingerprint density at radius 3 is 2.94 bits per heavy atom. The SMILES string of the molecule is Nc1ccccc1CN1CCCCOC1=O. The topological polar surface area (TPSA) is 55.6 Å². The van der Waals surface area contributed by atoms with Gasteiger partial charge in [0.1, 0.15) is 0 Å². The molecule has 1 amide bonds. The van der Waals surface area contributed by atoms with E-state index in [1.54, 1.807) is 4.90 Å². The van der Waals surface area contributed by atoms with Gasteiger partial charge in [-0.15, -0.1) is 0 Å². The molecule has 1 aromatic carbocycles. The molecule has 0 aliphatic carbocycles. The summed E-state index contributed by atoms with van der Waals surface area (Å²) in [7, 11) is 0. The predicted octanol–water partition coefficient (Wildman–Crippen LogP) is 2.00. The van der Waals surface area contributed by atoms with Crippen molar-refractivity contribution in [2.24, 2.45) is 0 Å². The van der Waals surface area contributed by atoms with Gasteiger partial charge in [0.05, 0.1) is 13.2 Å². The van der Waals surface area contributed by atoms with Crippen LogP contribution in [0.3, 0.4) is 0 Å². The van der Waals surface area contributed by atoms with Crippen LogP contribution in [0.25, 0.3) is 0 Å². The van der Waals surface area contributed by atoms with Gasteiger partial charge in [-0.1, -0.05) is 18.2 Å². The zero-order valence-corrected chi connectivity index (χ0v) is 9.19. The van der Waals surface area contributed by atoms with Gasteiger partial charge < -0.3 is 15.4 Å². The maximum Gasteiger partial charge on any atom is 0.410 e. The molecule has 2 N–H and O–H groups in total. The summed E-state index contributed by atoms with van der Waals surface area (Å²) in [5.74, 6) is 0. The number of rotatable bonds is 2. The molecule has 1 aromatic rings. The maximum atomic E-state index is 11.6. The number of benzene rings is 1. The lowest BCUT2D eigenvalue weighted by molar-refractivity contribution is 0.114. The lowest BCUT2D eigenvalue weighted by Gasteiger charge is -2.19. The Labute approximate surface area is 95.0 Å². The normalized spacial score (nSPS) is 16.8. The van der Waals surface area contributed by atoms with E-state index >= 15 is 0 Å². The van der Waals surface area contributed by atoms with Gasteiger partial charge in [0, 0.05) is 12.2 Å². The summed E-state index contributed by atoms with van der Waals surface area (Å²) in [5.41, 5.74) is 7.54. The largest absolute Gasteiger partial charge is 0.449 e. The van der Waals surface area contributed by atoms with E-state index in [-0.39, 0.29) is 6.09 Å². The highest BCUT2D eigenvalue weighted by molar-refractivity contribution is 5.68. The first kappa shape index (κ1) is 10.8. The lowest BCUT2D eigenvalue weighted by atomic mass is 10.1. The van der Waals surface area contributed by atoms with Gasteiger partial charge in [-0.2, -0.15) is 0 Å². The van der Waals surface area contributed by atoms with Gasteiger partial charge in [0.2, 0.25) is 0 Å². The van der Waals surface area contributed by atoms with Gasteiger partial charge in [0.25, 0.3) is 0 Å². The van der Waals surface area contributed by atoms with Crippen molar-refractivity contribution in [3.05, 3.63) is 29.8 Å². The second kappa shape index (κ2) is 4.88. The van der Waals surface area contributed by atoms with Crippen LogP contribution in [0, 0.1) is 0 Å². The number of ether oxygens (including phenoxy) is 1. The number of carbonyl (C=O) groups excluding carboxylic acids is 1. The number of hydrogen-bond acceptors (Lipinski definition) is 3. The molecule has 1 aliphatic rings. The number of anilines is 1. The Morgan fingerprint density at radius 2 is 2.12 bits per heavy atom. The molecule has 1 heterocycles. The van der Waals surface area contributed by atoms with E-state index in [2.05, 4.69) is 0 Å². The van der Waals surface area contributed by atoms with Crippen LogP contribution >= 0.6 is 0 Å². The van der Waals surface area contributed by atoms with E-state index in [1.165, 1.54) is 0 Å². The van der Waals surface area contributed by atoms with Crippen LogP contribution in [0.2, 0.25) is 0 Å². The van der Waals surface area contributed by atoms with E-state index in [1.807, 2.05) is 24.3 Å².